The normalized spacial score (nSPS) is 23.8. The van der Waals surface area contributed by atoms with Crippen LogP contribution in [-0.2, 0) is 19.1 Å². The largest absolute Gasteiger partial charge is 0.463 e. The third-order valence-electron chi connectivity index (χ3n) is 4.03. The lowest BCUT2D eigenvalue weighted by molar-refractivity contribution is -0.140. The molecule has 0 fully saturated rings. The van der Waals surface area contributed by atoms with Crippen molar-refractivity contribution in [3.63, 3.8) is 0 Å². The smallest absolute Gasteiger partial charge is 0.330 e. The number of allylic oxidation sites excluding steroid dienone is 2. The van der Waals surface area contributed by atoms with Crippen molar-refractivity contribution in [1.29, 1.82) is 0 Å². The Kier molecular flexibility index (Phi) is 12.8. The maximum Gasteiger partial charge on any atom is 0.330 e. The van der Waals surface area contributed by atoms with E-state index in [-0.39, 0.29) is 11.9 Å². The molecular weight excluding hydrogens is 304 g/mol. The van der Waals surface area contributed by atoms with Crippen LogP contribution in [-0.4, -0.2) is 25.2 Å². The van der Waals surface area contributed by atoms with Gasteiger partial charge in [-0.05, 0) is 38.5 Å². The Labute approximate surface area is 146 Å². The molecule has 0 saturated heterocycles. The van der Waals surface area contributed by atoms with Crippen LogP contribution in [0.1, 0.15) is 77.0 Å². The molecular formula is C20H32O4. The highest BCUT2D eigenvalue weighted by Crippen LogP contribution is 2.11. The maximum atomic E-state index is 11.5. The quantitative estimate of drug-likeness (QED) is 0.592. The van der Waals surface area contributed by atoms with Gasteiger partial charge in [-0.25, -0.2) is 9.59 Å². The molecule has 0 radical (unpaired) electrons. The van der Waals surface area contributed by atoms with E-state index in [0.29, 0.717) is 26.1 Å². The van der Waals surface area contributed by atoms with E-state index in [1.165, 1.54) is 50.7 Å². The summed E-state index contributed by atoms with van der Waals surface area (Å²) in [6, 6.07) is 0. The van der Waals surface area contributed by atoms with Crippen molar-refractivity contribution < 1.29 is 19.1 Å². The second-order valence-electron chi connectivity index (χ2n) is 6.25. The summed E-state index contributed by atoms with van der Waals surface area (Å²) < 4.78 is 10.2. The second kappa shape index (κ2) is 15.0. The van der Waals surface area contributed by atoms with Crippen LogP contribution in [0.2, 0.25) is 0 Å². The molecule has 0 N–H and O–H groups in total. The molecule has 0 aromatic rings. The van der Waals surface area contributed by atoms with Gasteiger partial charge >= 0.3 is 11.9 Å². The summed E-state index contributed by atoms with van der Waals surface area (Å²) in [6.07, 6.45) is 20.0. The standard InChI is InChI=1S/C20H32O4/c21-19-15-11-9-7-5-3-1-2-4-6-8-10-12-16-20(22)24-18-14-13-17-23-19/h11-12,15-16H,1-10,13-14,17-18H2/b15-11+,16-12+. The lowest BCUT2D eigenvalue weighted by atomic mass is 10.1. The van der Waals surface area contributed by atoms with Gasteiger partial charge in [-0.1, -0.05) is 50.7 Å². The average Bonchev–Trinajstić information content (AvgIpc) is 2.57. The highest BCUT2D eigenvalue weighted by molar-refractivity contribution is 5.82. The van der Waals surface area contributed by atoms with E-state index in [1.807, 2.05) is 12.2 Å². The lowest BCUT2D eigenvalue weighted by Crippen LogP contribution is -2.06. The molecule has 0 aromatic heterocycles. The van der Waals surface area contributed by atoms with Crippen molar-refractivity contribution >= 4 is 11.9 Å². The van der Waals surface area contributed by atoms with Crippen molar-refractivity contribution in [3.05, 3.63) is 24.3 Å². The summed E-state index contributed by atoms with van der Waals surface area (Å²) in [5, 5.41) is 0. The first kappa shape index (κ1) is 20.5. The predicted molar refractivity (Wildman–Crippen MR) is 95.6 cm³/mol. The summed E-state index contributed by atoms with van der Waals surface area (Å²) in [7, 11) is 0. The fraction of sp³-hybridized carbons (Fsp3) is 0.700. The van der Waals surface area contributed by atoms with E-state index in [9.17, 15) is 9.59 Å². The van der Waals surface area contributed by atoms with Gasteiger partial charge in [0.05, 0.1) is 13.2 Å². The fourth-order valence-corrected chi connectivity index (χ4v) is 2.59. The number of hydrogen-bond acceptors (Lipinski definition) is 4. The predicted octanol–water partition coefficient (Wildman–Crippen LogP) is 4.88. The topological polar surface area (TPSA) is 52.6 Å². The lowest BCUT2D eigenvalue weighted by Gasteiger charge is -2.04. The van der Waals surface area contributed by atoms with E-state index >= 15 is 0 Å². The monoisotopic (exact) mass is 336 g/mol. The van der Waals surface area contributed by atoms with E-state index < -0.39 is 0 Å². The Morgan fingerprint density at radius 2 is 0.917 bits per heavy atom. The average molecular weight is 336 g/mol. The molecule has 0 saturated carbocycles. The molecule has 4 heteroatoms. The van der Waals surface area contributed by atoms with Gasteiger partial charge in [0.15, 0.2) is 0 Å². The fourth-order valence-electron chi connectivity index (χ4n) is 2.59. The van der Waals surface area contributed by atoms with Crippen LogP contribution >= 0.6 is 0 Å². The SMILES string of the molecule is O=C1/C=C/CCCCCCCCCC/C=C/C(=O)OCCCCO1. The molecule has 0 spiro atoms. The number of carbonyl (C=O) groups excluding carboxylic acids is 2. The zero-order valence-corrected chi connectivity index (χ0v) is 14.8. The number of esters is 2. The van der Waals surface area contributed by atoms with Crippen LogP contribution in [0.3, 0.4) is 0 Å². The van der Waals surface area contributed by atoms with Gasteiger partial charge in [0, 0.05) is 12.2 Å². The minimum Gasteiger partial charge on any atom is -0.463 e. The highest BCUT2D eigenvalue weighted by atomic mass is 16.5. The van der Waals surface area contributed by atoms with Crippen LogP contribution in [0.25, 0.3) is 0 Å². The van der Waals surface area contributed by atoms with Crippen molar-refractivity contribution in [2.24, 2.45) is 0 Å². The Morgan fingerprint density at radius 1 is 0.542 bits per heavy atom. The highest BCUT2D eigenvalue weighted by Gasteiger charge is 1.99. The molecule has 1 heterocycles. The summed E-state index contributed by atoms with van der Waals surface area (Å²) in [5.74, 6) is -0.561. The number of rotatable bonds is 0. The minimum absolute atomic E-state index is 0.280. The zero-order valence-electron chi connectivity index (χ0n) is 14.8. The summed E-state index contributed by atoms with van der Waals surface area (Å²) in [4.78, 5) is 23.0. The molecule has 0 aliphatic carbocycles. The summed E-state index contributed by atoms with van der Waals surface area (Å²) >= 11 is 0. The second-order valence-corrected chi connectivity index (χ2v) is 6.25. The molecule has 0 bridgehead atoms. The Balaban J connectivity index is 2.27. The van der Waals surface area contributed by atoms with Crippen molar-refractivity contribution in [2.75, 3.05) is 13.2 Å². The van der Waals surface area contributed by atoms with Crippen LogP contribution in [0, 0.1) is 0 Å². The Hall–Kier alpha value is -1.58. The number of hydrogen-bond donors (Lipinski definition) is 0. The van der Waals surface area contributed by atoms with E-state index in [1.54, 1.807) is 0 Å². The van der Waals surface area contributed by atoms with Crippen molar-refractivity contribution in [2.45, 2.75) is 77.0 Å². The molecule has 24 heavy (non-hydrogen) atoms. The molecule has 0 atom stereocenters. The zero-order chi connectivity index (χ0) is 17.3. The number of cyclic esters (lactones) is 2. The molecule has 0 unspecified atom stereocenters. The first-order valence-corrected chi connectivity index (χ1v) is 9.45. The molecule has 0 aromatic carbocycles. The number of carbonyl (C=O) groups is 2. The third-order valence-corrected chi connectivity index (χ3v) is 4.03. The van der Waals surface area contributed by atoms with Crippen LogP contribution in [0.15, 0.2) is 24.3 Å². The third kappa shape index (κ3) is 12.9. The van der Waals surface area contributed by atoms with Gasteiger partial charge in [-0.2, -0.15) is 0 Å². The first-order valence-electron chi connectivity index (χ1n) is 9.45. The van der Waals surface area contributed by atoms with Gasteiger partial charge in [0.25, 0.3) is 0 Å². The van der Waals surface area contributed by atoms with Gasteiger partial charge in [-0.3, -0.25) is 0 Å². The van der Waals surface area contributed by atoms with E-state index in [4.69, 9.17) is 9.47 Å². The molecule has 4 nitrogen and oxygen atoms in total. The van der Waals surface area contributed by atoms with E-state index in [0.717, 1.165) is 25.7 Å². The molecule has 136 valence electrons. The molecule has 1 aliphatic heterocycles. The van der Waals surface area contributed by atoms with Crippen LogP contribution < -0.4 is 0 Å². The van der Waals surface area contributed by atoms with Crippen LogP contribution in [0.4, 0.5) is 0 Å². The molecule has 1 rings (SSSR count). The van der Waals surface area contributed by atoms with Gasteiger partial charge in [-0.15, -0.1) is 0 Å². The van der Waals surface area contributed by atoms with Gasteiger partial charge in [0.2, 0.25) is 0 Å². The Morgan fingerprint density at radius 3 is 1.33 bits per heavy atom. The van der Waals surface area contributed by atoms with Gasteiger partial charge < -0.3 is 9.47 Å². The Bertz CT molecular complexity index is 360. The summed E-state index contributed by atoms with van der Waals surface area (Å²) in [6.45, 7) is 0.743. The van der Waals surface area contributed by atoms with Crippen molar-refractivity contribution in [3.8, 4) is 0 Å². The van der Waals surface area contributed by atoms with Crippen LogP contribution in [0.5, 0.6) is 0 Å². The maximum absolute atomic E-state index is 11.5. The first-order chi connectivity index (χ1) is 11.8. The van der Waals surface area contributed by atoms with E-state index in [2.05, 4.69) is 0 Å². The minimum atomic E-state index is -0.280. The molecule has 0 amide bonds. The van der Waals surface area contributed by atoms with Crippen molar-refractivity contribution in [1.82, 2.24) is 0 Å². The van der Waals surface area contributed by atoms with Gasteiger partial charge in [0.1, 0.15) is 0 Å². The number of ether oxygens (including phenoxy) is 2. The molecule has 1 aliphatic rings. The summed E-state index contributed by atoms with van der Waals surface area (Å²) in [5.41, 5.74) is 0.